The Kier molecular flexibility index (Phi) is 3.22. The third kappa shape index (κ3) is 2.13. The van der Waals surface area contributed by atoms with Gasteiger partial charge in [-0.25, -0.2) is 0 Å². The summed E-state index contributed by atoms with van der Waals surface area (Å²) in [5.74, 6) is 0.117. The zero-order valence-corrected chi connectivity index (χ0v) is 8.82. The van der Waals surface area contributed by atoms with Gasteiger partial charge in [-0.15, -0.1) is 0 Å². The fourth-order valence-electron chi connectivity index (χ4n) is 2.33. The molecule has 0 aliphatic carbocycles. The Hall–Kier alpha value is -1.08. The van der Waals surface area contributed by atoms with Gasteiger partial charge in [0.15, 0.2) is 0 Å². The molecule has 2 rings (SSSR count). The molecular weight excluding hydrogens is 192 g/mol. The molecule has 15 heavy (non-hydrogen) atoms. The molecule has 4 nitrogen and oxygen atoms in total. The van der Waals surface area contributed by atoms with E-state index in [1.165, 1.54) is 0 Å². The number of hydrogen-bond donors (Lipinski definition) is 0. The van der Waals surface area contributed by atoms with Gasteiger partial charge in [-0.05, 0) is 25.7 Å². The minimum atomic E-state index is -0.195. The zero-order chi connectivity index (χ0) is 10.7. The molecule has 0 saturated carbocycles. The first kappa shape index (κ1) is 10.4. The van der Waals surface area contributed by atoms with Gasteiger partial charge in [-0.3, -0.25) is 4.79 Å². The minimum Gasteiger partial charge on any atom is -0.381 e. The number of hydrogen-bond acceptors (Lipinski definition) is 3. The molecule has 0 N–H and O–H groups in total. The van der Waals surface area contributed by atoms with E-state index >= 15 is 0 Å². The second kappa shape index (κ2) is 4.63. The maximum absolute atomic E-state index is 12.1. The van der Waals surface area contributed by atoms with Crippen molar-refractivity contribution in [1.29, 1.82) is 5.26 Å². The van der Waals surface area contributed by atoms with Crippen molar-refractivity contribution >= 4 is 5.91 Å². The highest BCUT2D eigenvalue weighted by molar-refractivity contribution is 5.80. The Balaban J connectivity index is 1.97. The number of amides is 1. The van der Waals surface area contributed by atoms with E-state index in [2.05, 4.69) is 6.07 Å². The summed E-state index contributed by atoms with van der Waals surface area (Å²) in [6.45, 7) is 2.05. The fraction of sp³-hybridized carbons (Fsp3) is 0.818. The Morgan fingerprint density at radius 3 is 2.93 bits per heavy atom. The molecule has 0 aromatic carbocycles. The van der Waals surface area contributed by atoms with Crippen LogP contribution >= 0.6 is 0 Å². The van der Waals surface area contributed by atoms with Crippen LogP contribution in [-0.2, 0) is 9.53 Å². The predicted molar refractivity (Wildman–Crippen MR) is 53.9 cm³/mol. The van der Waals surface area contributed by atoms with Crippen molar-refractivity contribution < 1.29 is 9.53 Å². The molecule has 2 unspecified atom stereocenters. The number of carbonyl (C=O) groups excluding carboxylic acids is 1. The second-order valence-corrected chi connectivity index (χ2v) is 4.23. The highest BCUT2D eigenvalue weighted by atomic mass is 16.5. The molecule has 0 aromatic heterocycles. The molecule has 2 aliphatic rings. The summed E-state index contributed by atoms with van der Waals surface area (Å²) in [6, 6.07) is 2.00. The summed E-state index contributed by atoms with van der Waals surface area (Å²) in [7, 11) is 0. The van der Waals surface area contributed by atoms with Crippen molar-refractivity contribution in [3.8, 4) is 6.07 Å². The topological polar surface area (TPSA) is 53.3 Å². The van der Waals surface area contributed by atoms with Crippen LogP contribution in [0.3, 0.4) is 0 Å². The second-order valence-electron chi connectivity index (χ2n) is 4.23. The quantitative estimate of drug-likeness (QED) is 0.644. The lowest BCUT2D eigenvalue weighted by molar-refractivity contribution is -0.139. The number of likely N-dealkylation sites (tertiary alicyclic amines) is 1. The van der Waals surface area contributed by atoms with Crippen LogP contribution in [0.5, 0.6) is 0 Å². The largest absolute Gasteiger partial charge is 0.381 e. The van der Waals surface area contributed by atoms with Crippen molar-refractivity contribution in [1.82, 2.24) is 4.90 Å². The SMILES string of the molecule is N#CC1CCCN1C(=O)C1CCCOC1. The van der Waals surface area contributed by atoms with Crippen molar-refractivity contribution in [3.63, 3.8) is 0 Å². The average Bonchev–Trinajstić information content (AvgIpc) is 2.77. The van der Waals surface area contributed by atoms with E-state index in [1.54, 1.807) is 4.90 Å². The number of nitriles is 1. The van der Waals surface area contributed by atoms with E-state index in [0.29, 0.717) is 6.61 Å². The fourth-order valence-corrected chi connectivity index (χ4v) is 2.33. The molecule has 4 heteroatoms. The lowest BCUT2D eigenvalue weighted by Gasteiger charge is -2.27. The lowest BCUT2D eigenvalue weighted by atomic mass is 10.0. The van der Waals surface area contributed by atoms with Crippen molar-refractivity contribution in [3.05, 3.63) is 0 Å². The van der Waals surface area contributed by atoms with Gasteiger partial charge in [0.05, 0.1) is 18.6 Å². The maximum atomic E-state index is 12.1. The van der Waals surface area contributed by atoms with Crippen molar-refractivity contribution in [2.24, 2.45) is 5.92 Å². The summed E-state index contributed by atoms with van der Waals surface area (Å²) in [6.07, 6.45) is 3.66. The number of rotatable bonds is 1. The smallest absolute Gasteiger partial charge is 0.229 e. The third-order valence-electron chi connectivity index (χ3n) is 3.19. The molecule has 2 heterocycles. The van der Waals surface area contributed by atoms with Crippen LogP contribution in [0.25, 0.3) is 0 Å². The number of carbonyl (C=O) groups is 1. The van der Waals surface area contributed by atoms with Crippen molar-refractivity contribution in [2.75, 3.05) is 19.8 Å². The molecule has 2 saturated heterocycles. The molecule has 0 spiro atoms. The Labute approximate surface area is 89.8 Å². The first-order valence-electron chi connectivity index (χ1n) is 5.61. The predicted octanol–water partition coefficient (Wildman–Crippen LogP) is 0.928. The van der Waals surface area contributed by atoms with Crippen molar-refractivity contribution in [2.45, 2.75) is 31.7 Å². The van der Waals surface area contributed by atoms with E-state index in [-0.39, 0.29) is 17.9 Å². The van der Waals surface area contributed by atoms with Gasteiger partial charge in [0.1, 0.15) is 6.04 Å². The van der Waals surface area contributed by atoms with Gasteiger partial charge in [0, 0.05) is 13.2 Å². The van der Waals surface area contributed by atoms with Crippen LogP contribution in [0.4, 0.5) is 0 Å². The van der Waals surface area contributed by atoms with Crippen LogP contribution in [0, 0.1) is 17.2 Å². The molecule has 0 radical (unpaired) electrons. The lowest BCUT2D eigenvalue weighted by Crippen LogP contribution is -2.41. The molecule has 2 aliphatic heterocycles. The zero-order valence-electron chi connectivity index (χ0n) is 8.82. The molecule has 82 valence electrons. The monoisotopic (exact) mass is 208 g/mol. The molecule has 0 bridgehead atoms. The standard InChI is InChI=1S/C11H16N2O2/c12-7-10-4-1-5-13(10)11(14)9-3-2-6-15-8-9/h9-10H,1-6,8H2. The first-order valence-corrected chi connectivity index (χ1v) is 5.61. The van der Waals surface area contributed by atoms with Crippen LogP contribution in [0.15, 0.2) is 0 Å². The highest BCUT2D eigenvalue weighted by Crippen LogP contribution is 2.23. The van der Waals surface area contributed by atoms with Crippen LogP contribution in [0.2, 0.25) is 0 Å². The van der Waals surface area contributed by atoms with Gasteiger partial charge in [0.2, 0.25) is 5.91 Å². The molecule has 1 amide bonds. The Bertz CT molecular complexity index is 279. The van der Waals surface area contributed by atoms with Gasteiger partial charge in [-0.2, -0.15) is 5.26 Å². The van der Waals surface area contributed by atoms with Gasteiger partial charge in [0.25, 0.3) is 0 Å². The van der Waals surface area contributed by atoms with Crippen LogP contribution < -0.4 is 0 Å². The van der Waals surface area contributed by atoms with Gasteiger partial charge < -0.3 is 9.64 Å². The van der Waals surface area contributed by atoms with Gasteiger partial charge >= 0.3 is 0 Å². The molecule has 2 atom stereocenters. The van der Waals surface area contributed by atoms with Gasteiger partial charge in [-0.1, -0.05) is 0 Å². The summed E-state index contributed by atoms with van der Waals surface area (Å²) < 4.78 is 5.30. The summed E-state index contributed by atoms with van der Waals surface area (Å²) in [4.78, 5) is 13.8. The molecular formula is C11H16N2O2. The highest BCUT2D eigenvalue weighted by Gasteiger charge is 2.33. The van der Waals surface area contributed by atoms with E-state index in [0.717, 1.165) is 38.8 Å². The molecule has 2 fully saturated rings. The van der Waals surface area contributed by atoms with E-state index in [1.807, 2.05) is 0 Å². The van der Waals surface area contributed by atoms with Crippen LogP contribution in [-0.4, -0.2) is 36.6 Å². The summed E-state index contributed by atoms with van der Waals surface area (Å²) >= 11 is 0. The third-order valence-corrected chi connectivity index (χ3v) is 3.19. The Morgan fingerprint density at radius 2 is 2.27 bits per heavy atom. The van der Waals surface area contributed by atoms with E-state index in [4.69, 9.17) is 10.00 Å². The Morgan fingerprint density at radius 1 is 1.40 bits per heavy atom. The van der Waals surface area contributed by atoms with Crippen LogP contribution in [0.1, 0.15) is 25.7 Å². The first-order chi connectivity index (χ1) is 7.33. The van der Waals surface area contributed by atoms with E-state index < -0.39 is 0 Å². The summed E-state index contributed by atoms with van der Waals surface area (Å²) in [5.41, 5.74) is 0. The maximum Gasteiger partial charge on any atom is 0.229 e. The minimum absolute atomic E-state index is 0.00676. The number of ether oxygens (including phenoxy) is 1. The normalized spacial score (nSPS) is 31.3. The van der Waals surface area contributed by atoms with E-state index in [9.17, 15) is 4.79 Å². The molecule has 0 aromatic rings. The number of nitrogens with zero attached hydrogens (tertiary/aromatic N) is 2. The summed E-state index contributed by atoms with van der Waals surface area (Å²) in [5, 5.41) is 8.91. The average molecular weight is 208 g/mol.